The zero-order chi connectivity index (χ0) is 23.3. The van der Waals surface area contributed by atoms with Crippen molar-refractivity contribution in [2.45, 2.75) is 41.4 Å². The minimum absolute atomic E-state index is 0.00675. The maximum Gasteiger partial charge on any atom is 0.338 e. The van der Waals surface area contributed by atoms with Gasteiger partial charge < -0.3 is 10.1 Å². The molecule has 1 fully saturated rings. The summed E-state index contributed by atoms with van der Waals surface area (Å²) < 4.78 is 56.7. The molecule has 1 saturated heterocycles. The van der Waals surface area contributed by atoms with Crippen LogP contribution in [0.1, 0.15) is 30.1 Å². The third-order valence-electron chi connectivity index (χ3n) is 4.77. The van der Waals surface area contributed by atoms with Crippen molar-refractivity contribution < 1.29 is 31.5 Å². The highest BCUT2D eigenvalue weighted by Crippen LogP contribution is 2.26. The quantitative estimate of drug-likeness (QED) is 0.450. The maximum atomic E-state index is 12.7. The van der Waals surface area contributed by atoms with Gasteiger partial charge in [-0.15, -0.1) is 0 Å². The van der Waals surface area contributed by atoms with Crippen LogP contribution in [0, 0.1) is 0 Å². The van der Waals surface area contributed by atoms with Crippen LogP contribution >= 0.6 is 11.8 Å². The zero-order valence-electron chi connectivity index (χ0n) is 17.2. The second-order valence-electron chi connectivity index (χ2n) is 7.08. The molecule has 1 aliphatic rings. The number of benzene rings is 2. The molecule has 0 aliphatic carbocycles. The van der Waals surface area contributed by atoms with E-state index in [9.17, 15) is 26.8 Å². The number of halogens is 2. The lowest BCUT2D eigenvalue weighted by molar-refractivity contribution is -0.123. The number of alkyl halides is 2. The Morgan fingerprint density at radius 1 is 1.09 bits per heavy atom. The van der Waals surface area contributed by atoms with Crippen molar-refractivity contribution >= 4 is 39.3 Å². The fourth-order valence-electron chi connectivity index (χ4n) is 3.11. The fraction of sp³-hybridized carbons (Fsp3) is 0.333. The third kappa shape index (κ3) is 6.05. The van der Waals surface area contributed by atoms with E-state index in [1.165, 1.54) is 59.8 Å². The Hall–Kier alpha value is -2.50. The summed E-state index contributed by atoms with van der Waals surface area (Å²) in [5.41, 5.74) is 0.369. The first-order chi connectivity index (χ1) is 15.2. The van der Waals surface area contributed by atoms with E-state index in [4.69, 9.17) is 4.74 Å². The van der Waals surface area contributed by atoms with Crippen LogP contribution in [0.4, 0.5) is 14.5 Å². The first kappa shape index (κ1) is 24.1. The Labute approximate surface area is 189 Å². The summed E-state index contributed by atoms with van der Waals surface area (Å²) >= 11 is 0.388. The molecule has 0 aromatic heterocycles. The van der Waals surface area contributed by atoms with Gasteiger partial charge in [-0.25, -0.2) is 13.2 Å². The van der Waals surface area contributed by atoms with Gasteiger partial charge in [0.25, 0.3) is 11.7 Å². The van der Waals surface area contributed by atoms with Gasteiger partial charge in [0.05, 0.1) is 10.5 Å². The topological polar surface area (TPSA) is 92.8 Å². The molecule has 7 nitrogen and oxygen atoms in total. The van der Waals surface area contributed by atoms with Crippen LogP contribution in [0.2, 0.25) is 0 Å². The molecule has 0 bridgehead atoms. The smallest absolute Gasteiger partial charge is 0.338 e. The Bertz CT molecular complexity index is 1070. The molecule has 1 heterocycles. The van der Waals surface area contributed by atoms with Crippen molar-refractivity contribution in [1.82, 2.24) is 4.31 Å². The molecule has 2 aromatic rings. The molecule has 3 rings (SSSR count). The van der Waals surface area contributed by atoms with Gasteiger partial charge in [0.15, 0.2) is 6.10 Å². The van der Waals surface area contributed by atoms with Gasteiger partial charge in [0, 0.05) is 23.7 Å². The second kappa shape index (κ2) is 10.4. The summed E-state index contributed by atoms with van der Waals surface area (Å²) in [7, 11) is -3.69. The summed E-state index contributed by atoms with van der Waals surface area (Å²) in [5.74, 6) is -4.00. The van der Waals surface area contributed by atoms with Crippen LogP contribution in [0.5, 0.6) is 0 Å². The van der Waals surface area contributed by atoms with Crippen molar-refractivity contribution in [3.8, 4) is 0 Å². The average Bonchev–Trinajstić information content (AvgIpc) is 3.30. The normalized spacial score (nSPS) is 15.5. The van der Waals surface area contributed by atoms with Crippen molar-refractivity contribution in [3.05, 3.63) is 54.1 Å². The monoisotopic (exact) mass is 484 g/mol. The highest BCUT2D eigenvalue weighted by Gasteiger charge is 2.28. The number of nitrogens with one attached hydrogen (secondary N) is 1. The molecule has 11 heteroatoms. The first-order valence-electron chi connectivity index (χ1n) is 9.84. The van der Waals surface area contributed by atoms with E-state index in [0.717, 1.165) is 12.8 Å². The molecule has 1 aliphatic heterocycles. The van der Waals surface area contributed by atoms with Gasteiger partial charge in [-0.2, -0.15) is 13.1 Å². The summed E-state index contributed by atoms with van der Waals surface area (Å²) in [6.45, 7) is 2.26. The zero-order valence-corrected chi connectivity index (χ0v) is 18.8. The lowest BCUT2D eigenvalue weighted by atomic mass is 10.2. The number of esters is 1. The van der Waals surface area contributed by atoms with E-state index in [1.807, 2.05) is 0 Å². The predicted octanol–water partition coefficient (Wildman–Crippen LogP) is 3.97. The third-order valence-corrected chi connectivity index (χ3v) is 7.39. The van der Waals surface area contributed by atoms with Crippen molar-refractivity contribution in [2.75, 3.05) is 18.4 Å². The highest BCUT2D eigenvalue weighted by atomic mass is 32.2. The van der Waals surface area contributed by atoms with Gasteiger partial charge in [-0.05, 0) is 62.2 Å². The molecule has 1 amide bonds. The maximum absolute atomic E-state index is 12.7. The summed E-state index contributed by atoms with van der Waals surface area (Å²) in [5, 5.41) is 2.54. The van der Waals surface area contributed by atoms with Crippen molar-refractivity contribution in [2.24, 2.45) is 0 Å². The molecule has 32 heavy (non-hydrogen) atoms. The molecule has 1 N–H and O–H groups in total. The Kier molecular flexibility index (Phi) is 7.86. The number of amides is 1. The van der Waals surface area contributed by atoms with Crippen LogP contribution in [0.15, 0.2) is 58.3 Å². The molecule has 1 atom stereocenters. The number of carbonyl (C=O) groups is 2. The largest absolute Gasteiger partial charge is 0.449 e. The summed E-state index contributed by atoms with van der Waals surface area (Å²) in [4.78, 5) is 25.1. The van der Waals surface area contributed by atoms with E-state index >= 15 is 0 Å². The predicted molar refractivity (Wildman–Crippen MR) is 116 cm³/mol. The SMILES string of the molecule is CC(OC(=O)c1cccc(S(=O)(=O)N2CCCC2)c1)C(=O)Nc1ccc(SC(F)F)cc1. The van der Waals surface area contributed by atoms with Crippen LogP contribution < -0.4 is 5.32 Å². The Morgan fingerprint density at radius 2 is 1.75 bits per heavy atom. The summed E-state index contributed by atoms with van der Waals surface area (Å²) in [6.07, 6.45) is 0.416. The molecule has 0 saturated carbocycles. The van der Waals surface area contributed by atoms with Gasteiger partial charge in [-0.1, -0.05) is 17.8 Å². The molecule has 0 spiro atoms. The number of hydrogen-bond donors (Lipinski definition) is 1. The number of ether oxygens (including phenoxy) is 1. The van der Waals surface area contributed by atoms with Crippen LogP contribution in [0.3, 0.4) is 0 Å². The minimum atomic E-state index is -3.69. The summed E-state index contributed by atoms with van der Waals surface area (Å²) in [6, 6.07) is 11.3. The average molecular weight is 485 g/mol. The number of carbonyl (C=O) groups excluding carboxylic acids is 2. The molecule has 0 radical (unpaired) electrons. The fourth-order valence-corrected chi connectivity index (χ4v) is 5.17. The number of hydrogen-bond acceptors (Lipinski definition) is 6. The number of sulfonamides is 1. The van der Waals surface area contributed by atoms with Crippen molar-refractivity contribution in [1.29, 1.82) is 0 Å². The van der Waals surface area contributed by atoms with E-state index in [0.29, 0.717) is 35.4 Å². The standard InChI is InChI=1S/C21H22F2N2O5S2/c1-14(19(26)24-16-7-9-17(10-8-16)31-21(22)23)30-20(27)15-5-4-6-18(13-15)32(28,29)25-11-2-3-12-25/h4-10,13-14,21H,2-3,11-12H2,1H3,(H,24,26). The van der Waals surface area contributed by atoms with Gasteiger partial charge >= 0.3 is 5.97 Å². The molecular weight excluding hydrogens is 462 g/mol. The van der Waals surface area contributed by atoms with Crippen LogP contribution in [-0.2, 0) is 19.6 Å². The number of nitrogens with zero attached hydrogens (tertiary/aromatic N) is 1. The number of thioether (sulfide) groups is 1. The second-order valence-corrected chi connectivity index (χ2v) is 10.1. The van der Waals surface area contributed by atoms with Crippen molar-refractivity contribution in [3.63, 3.8) is 0 Å². The molecular formula is C21H22F2N2O5S2. The van der Waals surface area contributed by atoms with Gasteiger partial charge in [-0.3, -0.25) is 4.79 Å². The first-order valence-corrected chi connectivity index (χ1v) is 12.2. The Balaban J connectivity index is 1.62. The Morgan fingerprint density at radius 3 is 2.38 bits per heavy atom. The molecule has 1 unspecified atom stereocenters. The highest BCUT2D eigenvalue weighted by molar-refractivity contribution is 7.99. The minimum Gasteiger partial charge on any atom is -0.449 e. The number of rotatable bonds is 8. The van der Waals surface area contributed by atoms with E-state index < -0.39 is 33.8 Å². The number of anilines is 1. The van der Waals surface area contributed by atoms with Crippen LogP contribution in [-0.4, -0.2) is 49.6 Å². The van der Waals surface area contributed by atoms with E-state index in [1.54, 1.807) is 0 Å². The van der Waals surface area contributed by atoms with Gasteiger partial charge in [0.2, 0.25) is 10.0 Å². The lowest BCUT2D eigenvalue weighted by Crippen LogP contribution is -2.30. The van der Waals surface area contributed by atoms with E-state index in [-0.39, 0.29) is 10.5 Å². The van der Waals surface area contributed by atoms with Gasteiger partial charge in [0.1, 0.15) is 0 Å². The van der Waals surface area contributed by atoms with E-state index in [2.05, 4.69) is 5.32 Å². The molecule has 172 valence electrons. The van der Waals surface area contributed by atoms with Crippen LogP contribution in [0.25, 0.3) is 0 Å². The molecule has 2 aromatic carbocycles. The lowest BCUT2D eigenvalue weighted by Gasteiger charge is -2.16.